The van der Waals surface area contributed by atoms with Crippen LogP contribution >= 0.6 is 0 Å². The van der Waals surface area contributed by atoms with Crippen LogP contribution in [0.4, 0.5) is 26.7 Å². The maximum atomic E-state index is 12.8. The fraction of sp³-hybridized carbons (Fsp3) is 0.600. The summed E-state index contributed by atoms with van der Waals surface area (Å²) in [6, 6.07) is 4.94. The van der Waals surface area contributed by atoms with Crippen molar-refractivity contribution >= 4 is 29.2 Å². The van der Waals surface area contributed by atoms with Gasteiger partial charge in [0.2, 0.25) is 0 Å². The normalized spacial score (nSPS) is 11.9. The van der Waals surface area contributed by atoms with Crippen LogP contribution in [0.2, 0.25) is 0 Å². The van der Waals surface area contributed by atoms with E-state index in [1.165, 1.54) is 4.90 Å². The third kappa shape index (κ3) is 8.47. The number of anilines is 3. The van der Waals surface area contributed by atoms with E-state index < -0.39 is 23.4 Å². The van der Waals surface area contributed by atoms with E-state index in [1.54, 1.807) is 59.7 Å². The van der Waals surface area contributed by atoms with Crippen LogP contribution in [0.1, 0.15) is 41.5 Å². The van der Waals surface area contributed by atoms with Gasteiger partial charge in [-0.2, -0.15) is 0 Å². The monoisotopic (exact) mass is 394 g/mol. The molecule has 0 aliphatic carbocycles. The summed E-state index contributed by atoms with van der Waals surface area (Å²) in [5.41, 5.74) is 5.90. The molecule has 0 aliphatic rings. The molecule has 28 heavy (non-hydrogen) atoms. The van der Waals surface area contributed by atoms with E-state index in [2.05, 4.69) is 5.32 Å². The van der Waals surface area contributed by atoms with Gasteiger partial charge in [0, 0.05) is 18.8 Å². The number of carbonyl (C=O) groups excluding carboxylic acids is 2. The van der Waals surface area contributed by atoms with Crippen LogP contribution in [0, 0.1) is 0 Å². The van der Waals surface area contributed by atoms with Crippen LogP contribution in [0.3, 0.4) is 0 Å². The first-order valence-electron chi connectivity index (χ1n) is 9.23. The van der Waals surface area contributed by atoms with E-state index in [9.17, 15) is 9.59 Å². The molecule has 158 valence electrons. The predicted molar refractivity (Wildman–Crippen MR) is 113 cm³/mol. The molecular formula is C20H34N4O4. The van der Waals surface area contributed by atoms with Crippen LogP contribution in [0.15, 0.2) is 18.2 Å². The number of benzene rings is 1. The van der Waals surface area contributed by atoms with Gasteiger partial charge in [-0.3, -0.25) is 10.2 Å². The van der Waals surface area contributed by atoms with Gasteiger partial charge in [-0.15, -0.1) is 0 Å². The van der Waals surface area contributed by atoms with Gasteiger partial charge in [-0.1, -0.05) is 0 Å². The number of nitrogens with zero attached hydrogens (tertiary/aromatic N) is 2. The molecule has 0 bridgehead atoms. The summed E-state index contributed by atoms with van der Waals surface area (Å²) in [4.78, 5) is 28.5. The molecule has 0 saturated carbocycles. The highest BCUT2D eigenvalue weighted by Gasteiger charge is 2.26. The molecule has 0 spiro atoms. The Balaban J connectivity index is 3.24. The molecular weight excluding hydrogens is 360 g/mol. The number of amides is 2. The molecule has 1 rings (SSSR count). The van der Waals surface area contributed by atoms with Crippen molar-refractivity contribution in [3.05, 3.63) is 18.2 Å². The van der Waals surface area contributed by atoms with E-state index in [0.29, 0.717) is 30.2 Å². The Kier molecular flexibility index (Phi) is 7.69. The van der Waals surface area contributed by atoms with Crippen LogP contribution < -0.4 is 16.0 Å². The Morgan fingerprint density at radius 1 is 1.00 bits per heavy atom. The van der Waals surface area contributed by atoms with Crippen LogP contribution in [-0.2, 0) is 9.47 Å². The summed E-state index contributed by atoms with van der Waals surface area (Å²) in [7, 11) is 3.83. The molecule has 0 heterocycles. The van der Waals surface area contributed by atoms with Gasteiger partial charge in [0.15, 0.2) is 0 Å². The van der Waals surface area contributed by atoms with E-state index in [1.807, 2.05) is 19.0 Å². The number of likely N-dealkylation sites (N-methyl/N-ethyl adjacent to an activating group) is 1. The Hall–Kier alpha value is -2.48. The minimum Gasteiger partial charge on any atom is -0.444 e. The zero-order valence-electron chi connectivity index (χ0n) is 18.3. The standard InChI is InChI=1S/C20H34N4O4/c1-19(2,3)27-17(25)22-15-13-14(21)9-10-16(15)24(12-11-23(7)8)18(26)28-20(4,5)6/h9-10,13H,11-12,21H2,1-8H3,(H,22,25). The van der Waals surface area contributed by atoms with Gasteiger partial charge in [-0.25, -0.2) is 9.59 Å². The molecule has 8 nitrogen and oxygen atoms in total. The van der Waals surface area contributed by atoms with Crippen LogP contribution in [0.5, 0.6) is 0 Å². The average Bonchev–Trinajstić information content (AvgIpc) is 2.45. The zero-order chi connectivity index (χ0) is 21.7. The highest BCUT2D eigenvalue weighted by atomic mass is 16.6. The first kappa shape index (κ1) is 23.6. The van der Waals surface area contributed by atoms with Gasteiger partial charge in [0.25, 0.3) is 0 Å². The number of nitrogens with one attached hydrogen (secondary N) is 1. The number of rotatable bonds is 5. The SMILES string of the molecule is CN(C)CCN(C(=O)OC(C)(C)C)c1ccc(N)cc1NC(=O)OC(C)(C)C. The second-order valence-corrected chi connectivity index (χ2v) is 8.84. The lowest BCUT2D eigenvalue weighted by Gasteiger charge is -2.30. The Labute approximate surface area is 168 Å². The van der Waals surface area contributed by atoms with Crippen molar-refractivity contribution in [3.63, 3.8) is 0 Å². The molecule has 1 aromatic carbocycles. The molecule has 0 radical (unpaired) electrons. The maximum absolute atomic E-state index is 12.8. The lowest BCUT2D eigenvalue weighted by Crippen LogP contribution is -2.41. The third-order valence-electron chi connectivity index (χ3n) is 3.33. The Bertz CT molecular complexity index is 690. The largest absolute Gasteiger partial charge is 0.444 e. The van der Waals surface area contributed by atoms with Gasteiger partial charge >= 0.3 is 12.2 Å². The summed E-state index contributed by atoms with van der Waals surface area (Å²) < 4.78 is 10.9. The van der Waals surface area contributed by atoms with Gasteiger partial charge in [-0.05, 0) is 73.8 Å². The number of nitrogen functional groups attached to an aromatic ring is 1. The molecule has 0 aliphatic heterocycles. The van der Waals surface area contributed by atoms with Gasteiger partial charge < -0.3 is 20.1 Å². The summed E-state index contributed by atoms with van der Waals surface area (Å²) in [6.07, 6.45) is -1.14. The van der Waals surface area contributed by atoms with E-state index in [-0.39, 0.29) is 0 Å². The number of nitrogens with two attached hydrogens (primary N) is 1. The average molecular weight is 395 g/mol. The molecule has 3 N–H and O–H groups in total. The second kappa shape index (κ2) is 9.14. The van der Waals surface area contributed by atoms with Gasteiger partial charge in [0.1, 0.15) is 11.2 Å². The number of carbonyl (C=O) groups is 2. The fourth-order valence-electron chi connectivity index (χ4n) is 2.23. The van der Waals surface area contributed by atoms with Crippen molar-refractivity contribution in [2.75, 3.05) is 43.1 Å². The predicted octanol–water partition coefficient (Wildman–Crippen LogP) is 3.92. The summed E-state index contributed by atoms with van der Waals surface area (Å²) in [5, 5.41) is 2.69. The highest BCUT2D eigenvalue weighted by Crippen LogP contribution is 2.30. The quantitative estimate of drug-likeness (QED) is 0.735. The maximum Gasteiger partial charge on any atom is 0.414 e. The highest BCUT2D eigenvalue weighted by molar-refractivity contribution is 5.97. The lowest BCUT2D eigenvalue weighted by atomic mass is 10.2. The summed E-state index contributed by atoms with van der Waals surface area (Å²) >= 11 is 0. The molecule has 0 atom stereocenters. The molecule has 0 aromatic heterocycles. The van der Waals surface area contributed by atoms with E-state index in [0.717, 1.165) is 0 Å². The fourth-order valence-corrected chi connectivity index (χ4v) is 2.23. The Morgan fingerprint density at radius 2 is 1.57 bits per heavy atom. The van der Waals surface area contributed by atoms with Gasteiger partial charge in [0.05, 0.1) is 11.4 Å². The van der Waals surface area contributed by atoms with Crippen LogP contribution in [0.25, 0.3) is 0 Å². The first-order valence-corrected chi connectivity index (χ1v) is 9.23. The van der Waals surface area contributed by atoms with Crippen molar-refractivity contribution in [1.82, 2.24) is 4.90 Å². The number of hydrogen-bond donors (Lipinski definition) is 2. The van der Waals surface area contributed by atoms with Crippen molar-refractivity contribution < 1.29 is 19.1 Å². The van der Waals surface area contributed by atoms with E-state index in [4.69, 9.17) is 15.2 Å². The smallest absolute Gasteiger partial charge is 0.414 e. The van der Waals surface area contributed by atoms with Crippen molar-refractivity contribution in [3.8, 4) is 0 Å². The molecule has 0 unspecified atom stereocenters. The van der Waals surface area contributed by atoms with Crippen molar-refractivity contribution in [2.24, 2.45) is 0 Å². The summed E-state index contributed by atoms with van der Waals surface area (Å²) in [6.45, 7) is 11.7. The zero-order valence-corrected chi connectivity index (χ0v) is 18.3. The minimum absolute atomic E-state index is 0.370. The third-order valence-corrected chi connectivity index (χ3v) is 3.33. The summed E-state index contributed by atoms with van der Waals surface area (Å²) in [5.74, 6) is 0. The molecule has 2 amide bonds. The number of hydrogen-bond acceptors (Lipinski definition) is 6. The topological polar surface area (TPSA) is 97.1 Å². The van der Waals surface area contributed by atoms with Crippen LogP contribution in [-0.4, -0.2) is 55.5 Å². The molecule has 0 saturated heterocycles. The Morgan fingerprint density at radius 3 is 2.07 bits per heavy atom. The van der Waals surface area contributed by atoms with Crippen molar-refractivity contribution in [2.45, 2.75) is 52.7 Å². The second-order valence-electron chi connectivity index (χ2n) is 8.84. The minimum atomic E-state index is -0.653. The molecule has 1 aromatic rings. The first-order chi connectivity index (χ1) is 12.7. The number of ether oxygens (including phenoxy) is 2. The molecule has 0 fully saturated rings. The van der Waals surface area contributed by atoms with Crippen molar-refractivity contribution in [1.29, 1.82) is 0 Å². The molecule has 8 heteroatoms. The van der Waals surface area contributed by atoms with E-state index >= 15 is 0 Å². The lowest BCUT2D eigenvalue weighted by molar-refractivity contribution is 0.0574.